The largest absolute Gasteiger partial charge is 0.478 e. The summed E-state index contributed by atoms with van der Waals surface area (Å²) >= 11 is 0. The van der Waals surface area contributed by atoms with Gasteiger partial charge in [-0.2, -0.15) is 0 Å². The summed E-state index contributed by atoms with van der Waals surface area (Å²) in [5.41, 5.74) is 6.67. The lowest BCUT2D eigenvalue weighted by Crippen LogP contribution is -2.16. The molecular formula is C17H17F2N3O2. The molecule has 1 fully saturated rings. The minimum Gasteiger partial charge on any atom is -0.478 e. The van der Waals surface area contributed by atoms with E-state index < -0.39 is 23.5 Å². The van der Waals surface area contributed by atoms with Crippen LogP contribution in [-0.4, -0.2) is 27.2 Å². The molecule has 0 bridgehead atoms. The molecule has 3 rings (SSSR count). The maximum absolute atomic E-state index is 13.9. The highest BCUT2D eigenvalue weighted by Crippen LogP contribution is 2.35. The number of rotatable bonds is 3. The Morgan fingerprint density at radius 2 is 2.12 bits per heavy atom. The first-order valence-corrected chi connectivity index (χ1v) is 7.75. The van der Waals surface area contributed by atoms with Crippen LogP contribution in [0, 0.1) is 5.82 Å². The predicted octanol–water partition coefficient (Wildman–Crippen LogP) is 3.56. The highest BCUT2D eigenvalue weighted by molar-refractivity contribution is 5.88. The first kappa shape index (κ1) is 16.3. The number of hydrogen-bond acceptors (Lipinski definition) is 4. The summed E-state index contributed by atoms with van der Waals surface area (Å²) in [5, 5.41) is 8.89. The highest BCUT2D eigenvalue weighted by atomic mass is 19.1. The standard InChI is InChI=1S/C17H17F2N3O2/c18-11-3-1-2-9(6-11)14-8-21-16(20)15(22-14)10-4-5-12(17(23)24)13(19)7-10/h4-5,7-9,11H,1-3,6H2,(H2,20,21)(H,23,24). The van der Waals surface area contributed by atoms with Crippen molar-refractivity contribution in [2.45, 2.75) is 37.8 Å². The lowest BCUT2D eigenvalue weighted by atomic mass is 9.86. The first-order valence-electron chi connectivity index (χ1n) is 7.75. The van der Waals surface area contributed by atoms with E-state index in [-0.39, 0.29) is 17.4 Å². The van der Waals surface area contributed by atoms with E-state index >= 15 is 0 Å². The molecule has 0 amide bonds. The van der Waals surface area contributed by atoms with Gasteiger partial charge in [0.2, 0.25) is 0 Å². The zero-order valence-corrected chi connectivity index (χ0v) is 12.9. The number of nitrogen functional groups attached to an aromatic ring is 1. The zero-order chi connectivity index (χ0) is 17.3. The van der Waals surface area contributed by atoms with Gasteiger partial charge >= 0.3 is 5.97 Å². The zero-order valence-electron chi connectivity index (χ0n) is 12.9. The normalized spacial score (nSPS) is 20.8. The lowest BCUT2D eigenvalue weighted by Gasteiger charge is -2.24. The molecule has 1 aliphatic carbocycles. The molecule has 0 radical (unpaired) electrons. The maximum atomic E-state index is 13.9. The number of hydrogen-bond donors (Lipinski definition) is 2. The van der Waals surface area contributed by atoms with Crippen LogP contribution >= 0.6 is 0 Å². The Kier molecular flexibility index (Phi) is 4.42. The van der Waals surface area contributed by atoms with Gasteiger partial charge in [0.25, 0.3) is 0 Å². The van der Waals surface area contributed by atoms with Crippen LogP contribution in [0.2, 0.25) is 0 Å². The van der Waals surface area contributed by atoms with E-state index in [1.807, 2.05) is 0 Å². The molecule has 1 saturated carbocycles. The van der Waals surface area contributed by atoms with Gasteiger partial charge in [-0.15, -0.1) is 0 Å². The van der Waals surface area contributed by atoms with E-state index in [1.54, 1.807) is 0 Å². The van der Waals surface area contributed by atoms with Crippen molar-refractivity contribution >= 4 is 11.8 Å². The van der Waals surface area contributed by atoms with Crippen LogP contribution in [0.25, 0.3) is 11.3 Å². The van der Waals surface area contributed by atoms with E-state index in [0.717, 1.165) is 18.9 Å². The maximum Gasteiger partial charge on any atom is 0.338 e. The van der Waals surface area contributed by atoms with E-state index in [2.05, 4.69) is 9.97 Å². The second-order valence-electron chi connectivity index (χ2n) is 5.99. The number of carboxylic acid groups (broad SMARTS) is 1. The van der Waals surface area contributed by atoms with E-state index in [1.165, 1.54) is 18.3 Å². The molecule has 0 aliphatic heterocycles. The molecule has 1 aliphatic rings. The van der Waals surface area contributed by atoms with E-state index in [9.17, 15) is 13.6 Å². The summed E-state index contributed by atoms with van der Waals surface area (Å²) in [6.45, 7) is 0. The molecule has 7 heteroatoms. The number of aromatic carboxylic acids is 1. The molecule has 24 heavy (non-hydrogen) atoms. The third-order valence-electron chi connectivity index (χ3n) is 4.32. The Bertz CT molecular complexity index is 782. The van der Waals surface area contributed by atoms with Crippen LogP contribution in [0.5, 0.6) is 0 Å². The molecular weight excluding hydrogens is 316 g/mol. The summed E-state index contributed by atoms with van der Waals surface area (Å²) in [7, 11) is 0. The molecule has 2 atom stereocenters. The van der Waals surface area contributed by atoms with Gasteiger partial charge in [0.05, 0.1) is 17.5 Å². The molecule has 3 N–H and O–H groups in total. The molecule has 126 valence electrons. The highest BCUT2D eigenvalue weighted by Gasteiger charge is 2.25. The van der Waals surface area contributed by atoms with Gasteiger partial charge in [0.15, 0.2) is 0 Å². The minimum absolute atomic E-state index is 0.0382. The first-order chi connectivity index (χ1) is 11.5. The Hall–Kier alpha value is -2.57. The number of anilines is 1. The molecule has 1 aromatic carbocycles. The van der Waals surface area contributed by atoms with Crippen LogP contribution < -0.4 is 5.73 Å². The topological polar surface area (TPSA) is 89.1 Å². The fraction of sp³-hybridized carbons (Fsp3) is 0.353. The third kappa shape index (κ3) is 3.20. The number of carboxylic acids is 1. The summed E-state index contributed by atoms with van der Waals surface area (Å²) in [6, 6.07) is 3.68. The van der Waals surface area contributed by atoms with E-state index in [0.29, 0.717) is 24.1 Å². The molecule has 0 saturated heterocycles. The second-order valence-corrected chi connectivity index (χ2v) is 5.99. The van der Waals surface area contributed by atoms with Crippen molar-refractivity contribution in [3.8, 4) is 11.3 Å². The fourth-order valence-electron chi connectivity index (χ4n) is 3.06. The smallest absolute Gasteiger partial charge is 0.338 e. The van der Waals surface area contributed by atoms with Crippen LogP contribution in [0.3, 0.4) is 0 Å². The summed E-state index contributed by atoms with van der Waals surface area (Å²) in [5.74, 6) is -2.13. The second kappa shape index (κ2) is 6.51. The van der Waals surface area contributed by atoms with Gasteiger partial charge in [-0.05, 0) is 37.8 Å². The van der Waals surface area contributed by atoms with Gasteiger partial charge in [-0.3, -0.25) is 0 Å². The summed E-state index contributed by atoms with van der Waals surface area (Å²) in [6.07, 6.45) is 3.25. The van der Waals surface area contributed by atoms with Crippen molar-refractivity contribution in [2.75, 3.05) is 5.73 Å². The van der Waals surface area contributed by atoms with Crippen molar-refractivity contribution in [2.24, 2.45) is 0 Å². The Balaban J connectivity index is 1.97. The molecule has 0 spiro atoms. The average Bonchev–Trinajstić information content (AvgIpc) is 2.55. The van der Waals surface area contributed by atoms with Crippen molar-refractivity contribution in [1.82, 2.24) is 9.97 Å². The Morgan fingerprint density at radius 3 is 2.79 bits per heavy atom. The van der Waals surface area contributed by atoms with Gasteiger partial charge in [-0.25, -0.2) is 23.5 Å². The fourth-order valence-corrected chi connectivity index (χ4v) is 3.06. The van der Waals surface area contributed by atoms with Crippen molar-refractivity contribution < 1.29 is 18.7 Å². The van der Waals surface area contributed by atoms with Gasteiger partial charge < -0.3 is 10.8 Å². The van der Waals surface area contributed by atoms with Crippen LogP contribution in [-0.2, 0) is 0 Å². The monoisotopic (exact) mass is 333 g/mol. The molecule has 1 aromatic heterocycles. The van der Waals surface area contributed by atoms with Crippen LogP contribution in [0.4, 0.5) is 14.6 Å². The van der Waals surface area contributed by atoms with Crippen molar-refractivity contribution in [1.29, 1.82) is 0 Å². The van der Waals surface area contributed by atoms with Crippen LogP contribution in [0.15, 0.2) is 24.4 Å². The minimum atomic E-state index is -1.34. The number of aromatic nitrogens is 2. The third-order valence-corrected chi connectivity index (χ3v) is 4.32. The summed E-state index contributed by atoms with van der Waals surface area (Å²) < 4.78 is 27.5. The number of halogens is 2. The number of carbonyl (C=O) groups is 1. The number of alkyl halides is 1. The number of nitrogens with zero attached hydrogens (tertiary/aromatic N) is 2. The van der Waals surface area contributed by atoms with E-state index in [4.69, 9.17) is 10.8 Å². The summed E-state index contributed by atoms with van der Waals surface area (Å²) in [4.78, 5) is 19.4. The molecule has 2 unspecified atom stereocenters. The van der Waals surface area contributed by atoms with Crippen molar-refractivity contribution in [3.63, 3.8) is 0 Å². The number of benzene rings is 1. The van der Waals surface area contributed by atoms with Gasteiger partial charge in [0, 0.05) is 11.5 Å². The van der Waals surface area contributed by atoms with Gasteiger partial charge in [-0.1, -0.05) is 6.07 Å². The van der Waals surface area contributed by atoms with Crippen molar-refractivity contribution in [3.05, 3.63) is 41.5 Å². The quantitative estimate of drug-likeness (QED) is 0.896. The Morgan fingerprint density at radius 1 is 1.33 bits per heavy atom. The van der Waals surface area contributed by atoms with Crippen LogP contribution in [0.1, 0.15) is 47.7 Å². The van der Waals surface area contributed by atoms with Gasteiger partial charge in [0.1, 0.15) is 23.5 Å². The molecule has 1 heterocycles. The predicted molar refractivity (Wildman–Crippen MR) is 84.9 cm³/mol. The lowest BCUT2D eigenvalue weighted by molar-refractivity contribution is 0.0692. The molecule has 5 nitrogen and oxygen atoms in total. The number of nitrogens with two attached hydrogens (primary N) is 1. The molecule has 2 aromatic rings. The average molecular weight is 333 g/mol. The Labute approximate surface area is 137 Å². The SMILES string of the molecule is Nc1ncc(C2CCCC(F)C2)nc1-c1ccc(C(=O)O)c(F)c1.